The van der Waals surface area contributed by atoms with Crippen molar-refractivity contribution in [3.05, 3.63) is 17.5 Å². The number of carbonyl (C=O) groups is 1. The summed E-state index contributed by atoms with van der Waals surface area (Å²) in [5, 5.41) is 1.72. The van der Waals surface area contributed by atoms with E-state index in [-0.39, 0.29) is 30.5 Å². The second-order valence-corrected chi connectivity index (χ2v) is 11.1. The summed E-state index contributed by atoms with van der Waals surface area (Å²) in [5.41, 5.74) is 0. The van der Waals surface area contributed by atoms with Crippen molar-refractivity contribution in [3.63, 3.8) is 0 Å². The van der Waals surface area contributed by atoms with Crippen LogP contribution in [-0.2, 0) is 24.7 Å². The van der Waals surface area contributed by atoms with Crippen LogP contribution in [0.5, 0.6) is 0 Å². The average Bonchev–Trinajstić information content (AvgIpc) is 3.16. The Morgan fingerprint density at radius 1 is 1.22 bits per heavy atom. The van der Waals surface area contributed by atoms with Crippen molar-refractivity contribution in [1.29, 1.82) is 0 Å². The van der Waals surface area contributed by atoms with Crippen molar-refractivity contribution in [2.75, 3.05) is 37.7 Å². The standard InChI is InChI=1S/C13H18N2O5S3/c16-13(11-3-9-22(17,18)10-11)14-4-6-15(7-5-14)23(19,20)12-2-1-8-21-12/h1-2,8,11H,3-7,9-10H2/t11-/m0/s1. The molecule has 3 heterocycles. The Morgan fingerprint density at radius 2 is 1.91 bits per heavy atom. The second-order valence-electron chi connectivity index (χ2n) is 5.76. The number of amides is 1. The van der Waals surface area contributed by atoms with Gasteiger partial charge in [0, 0.05) is 26.2 Å². The molecule has 0 spiro atoms. The molecule has 10 heteroatoms. The van der Waals surface area contributed by atoms with E-state index in [1.807, 2.05) is 0 Å². The molecule has 2 saturated heterocycles. The highest BCUT2D eigenvalue weighted by Crippen LogP contribution is 2.24. The van der Waals surface area contributed by atoms with E-state index in [1.54, 1.807) is 22.4 Å². The number of hydrogen-bond donors (Lipinski definition) is 0. The van der Waals surface area contributed by atoms with Crippen LogP contribution in [0.3, 0.4) is 0 Å². The summed E-state index contributed by atoms with van der Waals surface area (Å²) in [5.74, 6) is -0.657. The molecule has 3 rings (SSSR count). The lowest BCUT2D eigenvalue weighted by molar-refractivity contribution is -0.135. The van der Waals surface area contributed by atoms with Crippen molar-refractivity contribution in [1.82, 2.24) is 9.21 Å². The van der Waals surface area contributed by atoms with E-state index in [4.69, 9.17) is 0 Å². The molecule has 2 fully saturated rings. The van der Waals surface area contributed by atoms with Crippen LogP contribution in [0.15, 0.2) is 21.7 Å². The molecule has 0 saturated carbocycles. The van der Waals surface area contributed by atoms with Gasteiger partial charge < -0.3 is 4.90 Å². The van der Waals surface area contributed by atoms with Crippen LogP contribution in [0.25, 0.3) is 0 Å². The van der Waals surface area contributed by atoms with Gasteiger partial charge in [0.1, 0.15) is 4.21 Å². The molecule has 1 aromatic rings. The van der Waals surface area contributed by atoms with Gasteiger partial charge in [0.25, 0.3) is 10.0 Å². The lowest BCUT2D eigenvalue weighted by Crippen LogP contribution is -2.51. The first-order chi connectivity index (χ1) is 10.8. The molecule has 0 bridgehead atoms. The van der Waals surface area contributed by atoms with Crippen LogP contribution in [0, 0.1) is 5.92 Å². The molecular weight excluding hydrogens is 360 g/mol. The van der Waals surface area contributed by atoms with E-state index in [9.17, 15) is 21.6 Å². The van der Waals surface area contributed by atoms with Crippen molar-refractivity contribution < 1.29 is 21.6 Å². The van der Waals surface area contributed by atoms with Crippen molar-refractivity contribution in [3.8, 4) is 0 Å². The summed E-state index contributed by atoms with van der Waals surface area (Å²) >= 11 is 1.17. The maximum atomic E-state index is 12.4. The highest BCUT2D eigenvalue weighted by Gasteiger charge is 2.37. The van der Waals surface area contributed by atoms with E-state index in [1.165, 1.54) is 15.6 Å². The van der Waals surface area contributed by atoms with Crippen molar-refractivity contribution >= 4 is 37.1 Å². The monoisotopic (exact) mass is 378 g/mol. The molecule has 1 aromatic heterocycles. The average molecular weight is 378 g/mol. The smallest absolute Gasteiger partial charge is 0.252 e. The first-order valence-electron chi connectivity index (χ1n) is 7.32. The van der Waals surface area contributed by atoms with Gasteiger partial charge in [-0.1, -0.05) is 6.07 Å². The van der Waals surface area contributed by atoms with Crippen LogP contribution in [-0.4, -0.2) is 69.6 Å². The van der Waals surface area contributed by atoms with E-state index in [2.05, 4.69) is 0 Å². The number of sulfone groups is 1. The molecule has 0 N–H and O–H groups in total. The Labute approximate surface area is 139 Å². The molecule has 7 nitrogen and oxygen atoms in total. The SMILES string of the molecule is O=C([C@H]1CCS(=O)(=O)C1)N1CCN(S(=O)(=O)c2cccs2)CC1. The molecule has 2 aliphatic heterocycles. The van der Waals surface area contributed by atoms with E-state index in [0.29, 0.717) is 23.7 Å². The largest absolute Gasteiger partial charge is 0.340 e. The zero-order valence-electron chi connectivity index (χ0n) is 12.4. The van der Waals surface area contributed by atoms with Crippen LogP contribution < -0.4 is 0 Å². The fraction of sp³-hybridized carbons (Fsp3) is 0.615. The van der Waals surface area contributed by atoms with Crippen molar-refractivity contribution in [2.45, 2.75) is 10.6 Å². The Bertz CT molecular complexity index is 778. The summed E-state index contributed by atoms with van der Waals surface area (Å²) in [6, 6.07) is 3.26. The third kappa shape index (κ3) is 3.44. The summed E-state index contributed by atoms with van der Waals surface area (Å²) < 4.78 is 49.5. The minimum Gasteiger partial charge on any atom is -0.340 e. The Hall–Kier alpha value is -0.970. The molecule has 1 amide bonds. The fourth-order valence-corrected chi connectivity index (χ4v) is 7.23. The predicted octanol–water partition coefficient (Wildman–Crippen LogP) is 0.0157. The van der Waals surface area contributed by atoms with Gasteiger partial charge in [0.2, 0.25) is 5.91 Å². The van der Waals surface area contributed by atoms with Crippen LogP contribution in [0.2, 0.25) is 0 Å². The van der Waals surface area contributed by atoms with E-state index >= 15 is 0 Å². The number of thiophene rings is 1. The molecule has 1 atom stereocenters. The van der Waals surface area contributed by atoms with Gasteiger partial charge >= 0.3 is 0 Å². The molecule has 0 aliphatic carbocycles. The maximum absolute atomic E-state index is 12.4. The Balaban J connectivity index is 1.62. The number of hydrogen-bond acceptors (Lipinski definition) is 6. The predicted molar refractivity (Wildman–Crippen MR) is 86.4 cm³/mol. The second kappa shape index (κ2) is 6.15. The van der Waals surface area contributed by atoms with Gasteiger partial charge in [0.05, 0.1) is 17.4 Å². The number of nitrogens with zero attached hydrogens (tertiary/aromatic N) is 2. The van der Waals surface area contributed by atoms with Crippen LogP contribution in [0.1, 0.15) is 6.42 Å². The third-order valence-corrected chi connectivity index (χ3v) is 9.26. The number of sulfonamides is 1. The zero-order valence-corrected chi connectivity index (χ0v) is 14.9. The third-order valence-electron chi connectivity index (χ3n) is 4.22. The van der Waals surface area contributed by atoms with Crippen molar-refractivity contribution in [2.24, 2.45) is 5.92 Å². The van der Waals surface area contributed by atoms with Gasteiger partial charge in [-0.3, -0.25) is 4.79 Å². The molecular formula is C13H18N2O5S3. The maximum Gasteiger partial charge on any atom is 0.252 e. The highest BCUT2D eigenvalue weighted by molar-refractivity contribution is 7.91. The highest BCUT2D eigenvalue weighted by atomic mass is 32.2. The van der Waals surface area contributed by atoms with Gasteiger partial charge in [-0.15, -0.1) is 11.3 Å². The summed E-state index contributed by atoms with van der Waals surface area (Å²) in [4.78, 5) is 14.0. The molecule has 0 radical (unpaired) electrons. The van der Waals surface area contributed by atoms with Gasteiger partial charge in [-0.25, -0.2) is 16.8 Å². The van der Waals surface area contributed by atoms with Crippen LogP contribution in [0.4, 0.5) is 0 Å². The van der Waals surface area contributed by atoms with Gasteiger partial charge in [-0.05, 0) is 17.9 Å². The quantitative estimate of drug-likeness (QED) is 0.739. The number of piperazine rings is 1. The summed E-state index contributed by atoms with van der Waals surface area (Å²) in [6.07, 6.45) is 0.370. The van der Waals surface area contributed by atoms with E-state index in [0.717, 1.165) is 0 Å². The molecule has 0 unspecified atom stereocenters. The molecule has 0 aromatic carbocycles. The Morgan fingerprint density at radius 3 is 2.43 bits per heavy atom. The van der Waals surface area contributed by atoms with Gasteiger partial charge in [0.15, 0.2) is 9.84 Å². The van der Waals surface area contributed by atoms with Crippen LogP contribution >= 0.6 is 11.3 Å². The molecule has 23 heavy (non-hydrogen) atoms. The first kappa shape index (κ1) is 16.9. The lowest BCUT2D eigenvalue weighted by atomic mass is 10.1. The topological polar surface area (TPSA) is 91.8 Å². The number of rotatable bonds is 3. The minimum absolute atomic E-state index is 0.0656. The van der Waals surface area contributed by atoms with E-state index < -0.39 is 25.8 Å². The fourth-order valence-electron chi connectivity index (χ4n) is 2.93. The zero-order chi connectivity index (χ0) is 16.7. The van der Waals surface area contributed by atoms with Gasteiger partial charge in [-0.2, -0.15) is 4.31 Å². The Kier molecular flexibility index (Phi) is 4.51. The molecule has 2 aliphatic rings. The lowest BCUT2D eigenvalue weighted by Gasteiger charge is -2.34. The normalized spacial score (nSPS) is 25.6. The first-order valence-corrected chi connectivity index (χ1v) is 11.5. The summed E-state index contributed by atoms with van der Waals surface area (Å²) in [6.45, 7) is 1.09. The molecule has 128 valence electrons. The minimum atomic E-state index is -3.49. The summed E-state index contributed by atoms with van der Waals surface area (Å²) in [7, 11) is -6.58. The number of carbonyl (C=O) groups excluding carboxylic acids is 1.